The summed E-state index contributed by atoms with van der Waals surface area (Å²) < 4.78 is 30.0. The SMILES string of the molecule is C[C@H](CNC(=O)c1cc(F)c(-c2cnn(C)c2)nc1NCCc1cccc(F)c1)N[C@@H](C)C(N)=O. The van der Waals surface area contributed by atoms with Gasteiger partial charge in [0.05, 0.1) is 17.8 Å². The smallest absolute Gasteiger partial charge is 0.255 e. The van der Waals surface area contributed by atoms with Gasteiger partial charge in [-0.25, -0.2) is 13.8 Å². The fourth-order valence-electron chi connectivity index (χ4n) is 3.47. The molecule has 11 heteroatoms. The highest BCUT2D eigenvalue weighted by atomic mass is 19.1. The zero-order valence-electron chi connectivity index (χ0n) is 19.8. The van der Waals surface area contributed by atoms with Gasteiger partial charge in [-0.3, -0.25) is 14.3 Å². The van der Waals surface area contributed by atoms with Gasteiger partial charge < -0.3 is 21.7 Å². The fraction of sp³-hybridized carbons (Fsp3) is 0.333. The number of hydrogen-bond donors (Lipinski definition) is 4. The molecule has 0 radical (unpaired) electrons. The van der Waals surface area contributed by atoms with Gasteiger partial charge in [0.1, 0.15) is 17.3 Å². The molecular weight excluding hydrogens is 456 g/mol. The zero-order valence-corrected chi connectivity index (χ0v) is 19.8. The molecule has 2 heterocycles. The standard InChI is InChI=1S/C24H29F2N7O2/c1-14(31-15(2)22(27)34)11-29-24(35)19-10-20(26)21(17-12-30-33(3)13-17)32-23(19)28-8-7-16-5-4-6-18(25)9-16/h4-6,9-10,12-15,31H,7-8,11H2,1-3H3,(H2,27,34)(H,28,32)(H,29,35)/t14-,15+/m1/s1. The number of nitrogens with zero attached hydrogens (tertiary/aromatic N) is 3. The van der Waals surface area contributed by atoms with Crippen LogP contribution in [0.5, 0.6) is 0 Å². The van der Waals surface area contributed by atoms with Gasteiger partial charge >= 0.3 is 0 Å². The Morgan fingerprint density at radius 1 is 1.20 bits per heavy atom. The number of hydrogen-bond acceptors (Lipinski definition) is 6. The molecule has 0 unspecified atom stereocenters. The van der Waals surface area contributed by atoms with Crippen molar-refractivity contribution in [3.05, 3.63) is 65.5 Å². The van der Waals surface area contributed by atoms with Crippen LogP contribution in [0.15, 0.2) is 42.7 Å². The molecule has 0 bridgehead atoms. The van der Waals surface area contributed by atoms with Crippen molar-refractivity contribution in [2.24, 2.45) is 12.8 Å². The predicted octanol–water partition coefficient (Wildman–Crippen LogP) is 2.00. The van der Waals surface area contributed by atoms with Gasteiger partial charge in [0.15, 0.2) is 5.82 Å². The maximum absolute atomic E-state index is 15.0. The Hall–Kier alpha value is -3.86. The second kappa shape index (κ2) is 11.5. The largest absolute Gasteiger partial charge is 0.369 e. The third-order valence-corrected chi connectivity index (χ3v) is 5.32. The summed E-state index contributed by atoms with van der Waals surface area (Å²) in [6, 6.07) is 6.49. The molecule has 3 aromatic rings. The summed E-state index contributed by atoms with van der Waals surface area (Å²) in [7, 11) is 1.70. The topological polar surface area (TPSA) is 127 Å². The maximum Gasteiger partial charge on any atom is 0.255 e. The summed E-state index contributed by atoms with van der Waals surface area (Å²) >= 11 is 0. The molecule has 0 spiro atoms. The molecule has 0 fully saturated rings. The van der Waals surface area contributed by atoms with Gasteiger partial charge in [0.25, 0.3) is 5.91 Å². The molecule has 0 aliphatic rings. The second-order valence-corrected chi connectivity index (χ2v) is 8.33. The maximum atomic E-state index is 15.0. The number of nitrogens with one attached hydrogen (secondary N) is 3. The lowest BCUT2D eigenvalue weighted by atomic mass is 10.1. The van der Waals surface area contributed by atoms with Crippen LogP contribution in [0.2, 0.25) is 0 Å². The summed E-state index contributed by atoms with van der Waals surface area (Å²) in [5, 5.41) is 12.8. The van der Waals surface area contributed by atoms with E-state index in [1.165, 1.54) is 23.0 Å². The minimum Gasteiger partial charge on any atom is -0.369 e. The van der Waals surface area contributed by atoms with Gasteiger partial charge in [-0.2, -0.15) is 5.10 Å². The van der Waals surface area contributed by atoms with Crippen LogP contribution < -0.4 is 21.7 Å². The summed E-state index contributed by atoms with van der Waals surface area (Å²) in [4.78, 5) is 28.5. The van der Waals surface area contributed by atoms with Crippen molar-refractivity contribution in [1.29, 1.82) is 0 Å². The molecule has 2 atom stereocenters. The van der Waals surface area contributed by atoms with Crippen LogP contribution in [0.25, 0.3) is 11.3 Å². The van der Waals surface area contributed by atoms with E-state index in [0.717, 1.165) is 11.6 Å². The lowest BCUT2D eigenvalue weighted by molar-refractivity contribution is -0.119. The average molecular weight is 486 g/mol. The first-order chi connectivity index (χ1) is 16.6. The predicted molar refractivity (Wildman–Crippen MR) is 129 cm³/mol. The number of carbonyl (C=O) groups is 2. The quantitative estimate of drug-likeness (QED) is 0.329. The first kappa shape index (κ1) is 25.8. The van der Waals surface area contributed by atoms with Crippen molar-refractivity contribution in [2.75, 3.05) is 18.4 Å². The Morgan fingerprint density at radius 3 is 2.63 bits per heavy atom. The zero-order chi connectivity index (χ0) is 25.5. The third-order valence-electron chi connectivity index (χ3n) is 5.32. The molecule has 3 rings (SSSR count). The number of anilines is 1. The monoisotopic (exact) mass is 485 g/mol. The molecule has 35 heavy (non-hydrogen) atoms. The molecule has 2 amide bonds. The number of primary amides is 1. The van der Waals surface area contributed by atoms with E-state index in [-0.39, 0.29) is 35.5 Å². The van der Waals surface area contributed by atoms with Crippen LogP contribution in [0, 0.1) is 11.6 Å². The number of pyridine rings is 1. The molecule has 0 aliphatic carbocycles. The van der Waals surface area contributed by atoms with Crippen LogP contribution >= 0.6 is 0 Å². The molecule has 186 valence electrons. The molecule has 0 saturated carbocycles. The highest BCUT2D eigenvalue weighted by Crippen LogP contribution is 2.25. The number of aryl methyl sites for hydroxylation is 1. The normalized spacial score (nSPS) is 12.7. The summed E-state index contributed by atoms with van der Waals surface area (Å²) in [6.45, 7) is 3.91. The Labute approximate surface area is 202 Å². The minimum atomic E-state index is -0.674. The molecule has 5 N–H and O–H groups in total. The number of carbonyl (C=O) groups excluding carboxylic acids is 2. The van der Waals surface area contributed by atoms with Gasteiger partial charge in [0.2, 0.25) is 5.91 Å². The number of halogens is 2. The van der Waals surface area contributed by atoms with Gasteiger partial charge in [-0.15, -0.1) is 0 Å². The molecule has 2 aromatic heterocycles. The van der Waals surface area contributed by atoms with Crippen molar-refractivity contribution in [3.8, 4) is 11.3 Å². The van der Waals surface area contributed by atoms with Crippen molar-refractivity contribution < 1.29 is 18.4 Å². The lowest BCUT2D eigenvalue weighted by Gasteiger charge is -2.19. The van der Waals surface area contributed by atoms with Crippen LogP contribution in [0.4, 0.5) is 14.6 Å². The number of rotatable bonds is 11. The van der Waals surface area contributed by atoms with Crippen molar-refractivity contribution in [1.82, 2.24) is 25.4 Å². The minimum absolute atomic E-state index is 0.0181. The fourth-order valence-corrected chi connectivity index (χ4v) is 3.47. The number of aromatic nitrogens is 3. The molecule has 0 saturated heterocycles. The summed E-state index contributed by atoms with van der Waals surface area (Å²) in [5.74, 6) is -1.87. The first-order valence-electron chi connectivity index (χ1n) is 11.2. The third kappa shape index (κ3) is 7.06. The Morgan fingerprint density at radius 2 is 1.97 bits per heavy atom. The van der Waals surface area contributed by atoms with E-state index < -0.39 is 23.7 Å². The number of benzene rings is 1. The van der Waals surface area contributed by atoms with Crippen LogP contribution in [0.1, 0.15) is 29.8 Å². The summed E-state index contributed by atoms with van der Waals surface area (Å²) in [6.07, 6.45) is 3.57. The van der Waals surface area contributed by atoms with Crippen molar-refractivity contribution in [3.63, 3.8) is 0 Å². The molecule has 0 aliphatic heterocycles. The van der Waals surface area contributed by atoms with Crippen LogP contribution in [-0.4, -0.2) is 51.8 Å². The Kier molecular flexibility index (Phi) is 8.48. The lowest BCUT2D eigenvalue weighted by Crippen LogP contribution is -2.47. The average Bonchev–Trinajstić information content (AvgIpc) is 3.24. The molecular formula is C24H29F2N7O2. The highest BCUT2D eigenvalue weighted by Gasteiger charge is 2.20. The number of amides is 2. The summed E-state index contributed by atoms with van der Waals surface area (Å²) in [5.41, 5.74) is 6.55. The van der Waals surface area contributed by atoms with E-state index in [9.17, 15) is 18.4 Å². The van der Waals surface area contributed by atoms with E-state index in [4.69, 9.17) is 5.73 Å². The van der Waals surface area contributed by atoms with Crippen molar-refractivity contribution in [2.45, 2.75) is 32.4 Å². The van der Waals surface area contributed by atoms with Gasteiger partial charge in [-0.05, 0) is 44.0 Å². The van der Waals surface area contributed by atoms with E-state index in [1.807, 2.05) is 0 Å². The van der Waals surface area contributed by atoms with Gasteiger partial charge in [-0.1, -0.05) is 12.1 Å². The van der Waals surface area contributed by atoms with E-state index >= 15 is 0 Å². The Bertz CT molecular complexity index is 1200. The second-order valence-electron chi connectivity index (χ2n) is 8.33. The molecule has 1 aromatic carbocycles. The van der Waals surface area contributed by atoms with Crippen LogP contribution in [0.3, 0.4) is 0 Å². The molecule has 9 nitrogen and oxygen atoms in total. The van der Waals surface area contributed by atoms with Crippen molar-refractivity contribution >= 4 is 17.6 Å². The Balaban J connectivity index is 1.79. The van der Waals surface area contributed by atoms with E-state index in [1.54, 1.807) is 39.2 Å². The van der Waals surface area contributed by atoms with E-state index in [0.29, 0.717) is 18.5 Å². The number of nitrogens with two attached hydrogens (primary N) is 1. The van der Waals surface area contributed by atoms with Gasteiger partial charge in [0, 0.05) is 37.9 Å². The first-order valence-corrected chi connectivity index (χ1v) is 11.2. The van der Waals surface area contributed by atoms with E-state index in [2.05, 4.69) is 26.0 Å². The van der Waals surface area contributed by atoms with Crippen LogP contribution in [-0.2, 0) is 18.3 Å². The highest BCUT2D eigenvalue weighted by molar-refractivity contribution is 5.99.